The van der Waals surface area contributed by atoms with Crippen molar-refractivity contribution in [2.75, 3.05) is 5.73 Å². The summed E-state index contributed by atoms with van der Waals surface area (Å²) in [6.45, 7) is 8.33. The number of anilines is 1. The van der Waals surface area contributed by atoms with Crippen molar-refractivity contribution < 1.29 is 9.13 Å². The molecule has 2 rings (SSSR count). The second-order valence-corrected chi connectivity index (χ2v) is 6.00. The van der Waals surface area contributed by atoms with Crippen molar-refractivity contribution in [1.82, 2.24) is 0 Å². The molecule has 0 unspecified atom stereocenters. The maximum Gasteiger partial charge on any atom is 0.153 e. The van der Waals surface area contributed by atoms with E-state index >= 15 is 0 Å². The molecule has 2 aromatic rings. The highest BCUT2D eigenvalue weighted by Crippen LogP contribution is 2.37. The maximum absolute atomic E-state index is 13.5. The summed E-state index contributed by atoms with van der Waals surface area (Å²) in [4.78, 5) is 0. The highest BCUT2D eigenvalue weighted by Gasteiger charge is 2.20. The first-order valence-electron chi connectivity index (χ1n) is 6.62. The lowest BCUT2D eigenvalue weighted by molar-refractivity contribution is 0.453. The van der Waals surface area contributed by atoms with E-state index in [2.05, 4.69) is 20.8 Å². The summed E-state index contributed by atoms with van der Waals surface area (Å²) < 4.78 is 19.4. The molecule has 106 valence electrons. The third-order valence-electron chi connectivity index (χ3n) is 3.18. The number of hydrogen-bond donors (Lipinski definition) is 1. The quantitative estimate of drug-likeness (QED) is 0.797. The SMILES string of the molecule is Cc1ccc(C(C)(C)C)c(Oc2cccc(F)c2N)c1. The lowest BCUT2D eigenvalue weighted by Crippen LogP contribution is -2.12. The molecule has 0 fully saturated rings. The fraction of sp³-hybridized carbons (Fsp3) is 0.294. The summed E-state index contributed by atoms with van der Waals surface area (Å²) in [6.07, 6.45) is 0. The zero-order valence-corrected chi connectivity index (χ0v) is 12.3. The number of benzene rings is 2. The van der Waals surface area contributed by atoms with Gasteiger partial charge in [0.2, 0.25) is 0 Å². The second-order valence-electron chi connectivity index (χ2n) is 6.00. The van der Waals surface area contributed by atoms with Crippen molar-refractivity contribution in [1.29, 1.82) is 0 Å². The van der Waals surface area contributed by atoms with Crippen LogP contribution in [0.2, 0.25) is 0 Å². The van der Waals surface area contributed by atoms with E-state index in [9.17, 15) is 4.39 Å². The van der Waals surface area contributed by atoms with Gasteiger partial charge in [-0.1, -0.05) is 39.0 Å². The predicted octanol–water partition coefficient (Wildman–Crippen LogP) is 4.81. The van der Waals surface area contributed by atoms with E-state index in [0.717, 1.165) is 16.9 Å². The highest BCUT2D eigenvalue weighted by molar-refractivity contribution is 5.56. The molecule has 0 heterocycles. The fourth-order valence-corrected chi connectivity index (χ4v) is 2.06. The summed E-state index contributed by atoms with van der Waals surface area (Å²) in [7, 11) is 0. The fourth-order valence-electron chi connectivity index (χ4n) is 2.06. The molecule has 0 spiro atoms. The lowest BCUT2D eigenvalue weighted by atomic mass is 9.86. The zero-order chi connectivity index (χ0) is 14.9. The largest absolute Gasteiger partial charge is 0.455 e. The highest BCUT2D eigenvalue weighted by atomic mass is 19.1. The first-order chi connectivity index (χ1) is 9.29. The Hall–Kier alpha value is -2.03. The Bertz CT molecular complexity index is 629. The van der Waals surface area contributed by atoms with Gasteiger partial charge in [-0.2, -0.15) is 0 Å². The number of nitrogens with two attached hydrogens (primary N) is 1. The normalized spacial score (nSPS) is 11.4. The minimum atomic E-state index is -0.465. The van der Waals surface area contributed by atoms with Crippen LogP contribution in [0.25, 0.3) is 0 Å². The number of halogens is 1. The van der Waals surface area contributed by atoms with Gasteiger partial charge in [-0.25, -0.2) is 4.39 Å². The predicted molar refractivity (Wildman–Crippen MR) is 80.8 cm³/mol. The molecule has 2 N–H and O–H groups in total. The molecule has 0 radical (unpaired) electrons. The molecule has 2 aromatic carbocycles. The van der Waals surface area contributed by atoms with Gasteiger partial charge >= 0.3 is 0 Å². The standard InChI is InChI=1S/C17H20FNO/c1-11-8-9-12(17(2,3)4)15(10-11)20-14-7-5-6-13(18)16(14)19/h5-10H,19H2,1-4H3. The molecule has 0 atom stereocenters. The topological polar surface area (TPSA) is 35.2 Å². The van der Waals surface area contributed by atoms with E-state index in [1.54, 1.807) is 12.1 Å². The molecule has 0 bridgehead atoms. The van der Waals surface area contributed by atoms with Gasteiger partial charge in [0, 0.05) is 5.56 Å². The molecule has 0 saturated carbocycles. The third kappa shape index (κ3) is 2.93. The van der Waals surface area contributed by atoms with Crippen LogP contribution in [0.4, 0.5) is 10.1 Å². The Morgan fingerprint density at radius 2 is 1.75 bits per heavy atom. The molecule has 0 aliphatic heterocycles. The Balaban J connectivity index is 2.48. The van der Waals surface area contributed by atoms with E-state index in [0.29, 0.717) is 5.75 Å². The lowest BCUT2D eigenvalue weighted by Gasteiger charge is -2.23. The number of rotatable bonds is 2. The Morgan fingerprint density at radius 1 is 1.05 bits per heavy atom. The first kappa shape index (κ1) is 14.4. The number of hydrogen-bond acceptors (Lipinski definition) is 2. The van der Waals surface area contributed by atoms with Gasteiger partial charge in [0.1, 0.15) is 17.3 Å². The number of ether oxygens (including phenoxy) is 1. The molecule has 3 heteroatoms. The Labute approximate surface area is 119 Å². The molecule has 20 heavy (non-hydrogen) atoms. The summed E-state index contributed by atoms with van der Waals surface area (Å²) in [6, 6.07) is 10.6. The summed E-state index contributed by atoms with van der Waals surface area (Å²) >= 11 is 0. The third-order valence-corrected chi connectivity index (χ3v) is 3.18. The first-order valence-corrected chi connectivity index (χ1v) is 6.62. The van der Waals surface area contributed by atoms with Gasteiger partial charge in [0.05, 0.1) is 0 Å². The van der Waals surface area contributed by atoms with Crippen LogP contribution in [0.5, 0.6) is 11.5 Å². The van der Waals surface area contributed by atoms with Crippen LogP contribution in [0.15, 0.2) is 36.4 Å². The van der Waals surface area contributed by atoms with Gasteiger partial charge in [0.15, 0.2) is 5.75 Å². The average molecular weight is 273 g/mol. The molecule has 0 saturated heterocycles. The molecule has 0 amide bonds. The van der Waals surface area contributed by atoms with E-state index < -0.39 is 5.82 Å². The van der Waals surface area contributed by atoms with Gasteiger partial charge < -0.3 is 10.5 Å². The van der Waals surface area contributed by atoms with Gasteiger partial charge in [0.25, 0.3) is 0 Å². The molecule has 2 nitrogen and oxygen atoms in total. The van der Waals surface area contributed by atoms with Crippen LogP contribution in [-0.2, 0) is 5.41 Å². The molecule has 0 aromatic heterocycles. The van der Waals surface area contributed by atoms with E-state index in [4.69, 9.17) is 10.5 Å². The monoisotopic (exact) mass is 273 g/mol. The van der Waals surface area contributed by atoms with Crippen molar-refractivity contribution >= 4 is 5.69 Å². The van der Waals surface area contributed by atoms with Crippen LogP contribution in [0.3, 0.4) is 0 Å². The molecule has 0 aliphatic carbocycles. The zero-order valence-electron chi connectivity index (χ0n) is 12.3. The van der Waals surface area contributed by atoms with Crippen LogP contribution >= 0.6 is 0 Å². The van der Waals surface area contributed by atoms with E-state index in [-0.39, 0.29) is 11.1 Å². The van der Waals surface area contributed by atoms with Gasteiger partial charge in [-0.3, -0.25) is 0 Å². The summed E-state index contributed by atoms with van der Waals surface area (Å²) in [5, 5.41) is 0. The van der Waals surface area contributed by atoms with Crippen molar-refractivity contribution in [3.8, 4) is 11.5 Å². The Morgan fingerprint density at radius 3 is 2.40 bits per heavy atom. The van der Waals surface area contributed by atoms with Crippen molar-refractivity contribution in [3.05, 3.63) is 53.3 Å². The van der Waals surface area contributed by atoms with Crippen LogP contribution in [-0.4, -0.2) is 0 Å². The van der Waals surface area contributed by atoms with Crippen molar-refractivity contribution in [2.24, 2.45) is 0 Å². The number of aryl methyl sites for hydroxylation is 1. The van der Waals surface area contributed by atoms with Crippen LogP contribution in [0, 0.1) is 12.7 Å². The van der Waals surface area contributed by atoms with Crippen LogP contribution in [0.1, 0.15) is 31.9 Å². The van der Waals surface area contributed by atoms with Gasteiger partial charge in [-0.15, -0.1) is 0 Å². The molecular formula is C17H20FNO. The number of para-hydroxylation sites is 1. The second kappa shape index (κ2) is 5.16. The van der Waals surface area contributed by atoms with E-state index in [1.165, 1.54) is 6.07 Å². The summed E-state index contributed by atoms with van der Waals surface area (Å²) in [5.74, 6) is 0.600. The van der Waals surface area contributed by atoms with Crippen LogP contribution < -0.4 is 10.5 Å². The van der Waals surface area contributed by atoms with Crippen molar-refractivity contribution in [3.63, 3.8) is 0 Å². The minimum Gasteiger partial charge on any atom is -0.455 e. The molecule has 0 aliphatic rings. The summed E-state index contributed by atoms with van der Waals surface area (Å²) in [5.41, 5.74) is 7.85. The maximum atomic E-state index is 13.5. The average Bonchev–Trinajstić information content (AvgIpc) is 2.33. The Kier molecular flexibility index (Phi) is 3.71. The minimum absolute atomic E-state index is 0.0360. The van der Waals surface area contributed by atoms with Gasteiger partial charge in [-0.05, 0) is 36.1 Å². The smallest absolute Gasteiger partial charge is 0.153 e. The molecular weight excluding hydrogens is 253 g/mol. The number of nitrogen functional groups attached to an aromatic ring is 1. The van der Waals surface area contributed by atoms with E-state index in [1.807, 2.05) is 25.1 Å². The van der Waals surface area contributed by atoms with Crippen molar-refractivity contribution in [2.45, 2.75) is 33.1 Å².